The number of hydrogen-bond donors (Lipinski definition) is 0. The predicted octanol–water partition coefficient (Wildman–Crippen LogP) is 0.400. The Morgan fingerprint density at radius 3 is 2.85 bits per heavy atom. The molecule has 4 nitrogen and oxygen atoms in total. The molecule has 0 bridgehead atoms. The first-order chi connectivity index (χ1) is 6.29. The van der Waals surface area contributed by atoms with Crippen LogP contribution in [0.25, 0.3) is 5.69 Å². The van der Waals surface area contributed by atoms with Crippen molar-refractivity contribution in [3.05, 3.63) is 36.4 Å². The van der Waals surface area contributed by atoms with Crippen LogP contribution in [0, 0.1) is 6.92 Å². The fourth-order valence-corrected chi connectivity index (χ4v) is 1.30. The predicted molar refractivity (Wildman–Crippen MR) is 47.3 cm³/mol. The van der Waals surface area contributed by atoms with Gasteiger partial charge in [0.15, 0.2) is 11.9 Å². The third-order valence-corrected chi connectivity index (χ3v) is 1.98. The zero-order valence-electron chi connectivity index (χ0n) is 7.68. The number of rotatable bonds is 1. The van der Waals surface area contributed by atoms with E-state index in [1.807, 2.05) is 37.0 Å². The van der Waals surface area contributed by atoms with Crippen LogP contribution in [0.1, 0.15) is 5.69 Å². The first kappa shape index (κ1) is 7.91. The molecule has 4 heteroatoms. The zero-order chi connectivity index (χ0) is 9.26. The van der Waals surface area contributed by atoms with E-state index in [9.17, 15) is 0 Å². The van der Waals surface area contributed by atoms with Crippen molar-refractivity contribution in [2.45, 2.75) is 6.92 Å². The molecule has 2 heterocycles. The van der Waals surface area contributed by atoms with Gasteiger partial charge in [-0.25, -0.2) is 0 Å². The van der Waals surface area contributed by atoms with Gasteiger partial charge in [0.1, 0.15) is 0 Å². The average molecular weight is 175 g/mol. The first-order valence-electron chi connectivity index (χ1n) is 4.11. The molecule has 0 radical (unpaired) electrons. The Kier molecular flexibility index (Phi) is 1.81. The minimum absolute atomic E-state index is 0.996. The van der Waals surface area contributed by atoms with Gasteiger partial charge in [-0.2, -0.15) is 0 Å². The summed E-state index contributed by atoms with van der Waals surface area (Å²) in [5.41, 5.74) is 2.05. The maximum absolute atomic E-state index is 4.21. The molecule has 0 aliphatic heterocycles. The Labute approximate surface area is 76.4 Å². The fraction of sp³-hybridized carbons (Fsp3) is 0.222. The van der Waals surface area contributed by atoms with Gasteiger partial charge in [-0.3, -0.25) is 4.98 Å². The summed E-state index contributed by atoms with van der Waals surface area (Å²) in [6.07, 6.45) is 5.45. The summed E-state index contributed by atoms with van der Waals surface area (Å²) in [7, 11) is 1.90. The van der Waals surface area contributed by atoms with Crippen molar-refractivity contribution >= 4 is 0 Å². The Hall–Kier alpha value is -1.71. The van der Waals surface area contributed by atoms with Crippen LogP contribution in [0.4, 0.5) is 0 Å². The van der Waals surface area contributed by atoms with Crippen molar-refractivity contribution in [1.29, 1.82) is 0 Å². The van der Waals surface area contributed by atoms with E-state index in [4.69, 9.17) is 0 Å². The van der Waals surface area contributed by atoms with Crippen LogP contribution in [0.3, 0.4) is 0 Å². The number of pyridine rings is 1. The van der Waals surface area contributed by atoms with Crippen molar-refractivity contribution in [2.75, 3.05) is 0 Å². The molecule has 0 atom stereocenters. The Morgan fingerprint density at radius 2 is 2.23 bits per heavy atom. The van der Waals surface area contributed by atoms with E-state index in [1.54, 1.807) is 17.2 Å². The van der Waals surface area contributed by atoms with Crippen molar-refractivity contribution in [3.8, 4) is 5.69 Å². The third-order valence-electron chi connectivity index (χ3n) is 1.98. The number of nitrogens with zero attached hydrogens (tertiary/aromatic N) is 4. The van der Waals surface area contributed by atoms with E-state index >= 15 is 0 Å². The molecule has 0 N–H and O–H groups in total. The van der Waals surface area contributed by atoms with Crippen LogP contribution in [0.15, 0.2) is 30.7 Å². The molecule has 0 aromatic carbocycles. The minimum Gasteiger partial charge on any atom is -0.257 e. The number of aryl methyl sites for hydroxylation is 2. The van der Waals surface area contributed by atoms with E-state index in [1.165, 1.54) is 0 Å². The molecule has 2 aromatic rings. The summed E-state index contributed by atoms with van der Waals surface area (Å²) < 4.78 is 1.95. The fourth-order valence-electron chi connectivity index (χ4n) is 1.30. The molecule has 0 fully saturated rings. The van der Waals surface area contributed by atoms with Gasteiger partial charge < -0.3 is 0 Å². The SMILES string of the molecule is Cc1ncccc1-[n+]1ccnn1C. The van der Waals surface area contributed by atoms with Gasteiger partial charge in [0, 0.05) is 11.3 Å². The van der Waals surface area contributed by atoms with Gasteiger partial charge in [0.2, 0.25) is 6.20 Å². The van der Waals surface area contributed by atoms with E-state index in [0.717, 1.165) is 11.4 Å². The lowest BCUT2D eigenvalue weighted by Gasteiger charge is -1.99. The topological polar surface area (TPSA) is 34.6 Å². The highest BCUT2D eigenvalue weighted by molar-refractivity contribution is 5.24. The average Bonchev–Trinajstić information content (AvgIpc) is 2.52. The highest BCUT2D eigenvalue weighted by Gasteiger charge is 2.10. The lowest BCUT2D eigenvalue weighted by atomic mass is 10.3. The van der Waals surface area contributed by atoms with E-state index < -0.39 is 0 Å². The van der Waals surface area contributed by atoms with Crippen LogP contribution in [-0.4, -0.2) is 14.9 Å². The van der Waals surface area contributed by atoms with Crippen LogP contribution in [0.5, 0.6) is 0 Å². The van der Waals surface area contributed by atoms with Gasteiger partial charge in [0.25, 0.3) is 0 Å². The summed E-state index contributed by atoms with van der Waals surface area (Å²) in [4.78, 5) is 5.98. The quantitative estimate of drug-likeness (QED) is 0.588. The molecule has 0 aliphatic carbocycles. The minimum atomic E-state index is 0.996. The molecule has 0 spiro atoms. The van der Waals surface area contributed by atoms with Crippen LogP contribution in [0.2, 0.25) is 0 Å². The lowest BCUT2D eigenvalue weighted by molar-refractivity contribution is -0.688. The van der Waals surface area contributed by atoms with Crippen LogP contribution >= 0.6 is 0 Å². The molecule has 2 rings (SSSR count). The molecule has 0 saturated carbocycles. The van der Waals surface area contributed by atoms with Crippen molar-refractivity contribution in [2.24, 2.45) is 7.05 Å². The molecule has 0 aliphatic rings. The second kappa shape index (κ2) is 2.97. The maximum atomic E-state index is 4.21. The molecular formula is C9H11N4+. The molecule has 0 amide bonds. The highest BCUT2D eigenvalue weighted by atomic mass is 15.5. The van der Waals surface area contributed by atoms with Crippen molar-refractivity contribution in [3.63, 3.8) is 0 Å². The van der Waals surface area contributed by atoms with Gasteiger partial charge in [-0.05, 0) is 23.9 Å². The van der Waals surface area contributed by atoms with Gasteiger partial charge in [0.05, 0.1) is 12.7 Å². The summed E-state index contributed by atoms with van der Waals surface area (Å²) in [6, 6.07) is 3.94. The van der Waals surface area contributed by atoms with E-state index in [0.29, 0.717) is 0 Å². The summed E-state index contributed by atoms with van der Waals surface area (Å²) in [5.74, 6) is 0. The van der Waals surface area contributed by atoms with Crippen molar-refractivity contribution in [1.82, 2.24) is 14.9 Å². The smallest absolute Gasteiger partial charge is 0.206 e. The van der Waals surface area contributed by atoms with E-state index in [2.05, 4.69) is 10.1 Å². The van der Waals surface area contributed by atoms with Crippen molar-refractivity contribution < 1.29 is 4.68 Å². The number of hydrogen-bond acceptors (Lipinski definition) is 2. The zero-order valence-corrected chi connectivity index (χ0v) is 7.68. The lowest BCUT2D eigenvalue weighted by Crippen LogP contribution is -2.40. The van der Waals surface area contributed by atoms with E-state index in [-0.39, 0.29) is 0 Å². The normalized spacial score (nSPS) is 10.3. The van der Waals surface area contributed by atoms with Gasteiger partial charge in [-0.15, -0.1) is 4.68 Å². The molecular weight excluding hydrogens is 164 g/mol. The third kappa shape index (κ3) is 1.30. The molecule has 2 aromatic heterocycles. The first-order valence-corrected chi connectivity index (χ1v) is 4.11. The standard InChI is InChI=1S/C9H11N4/c1-8-9(4-3-5-10-8)13-7-6-11-12(13)2/h3-7H,1-2H3/q+1. The second-order valence-electron chi connectivity index (χ2n) is 2.86. The monoisotopic (exact) mass is 175 g/mol. The molecule has 0 saturated heterocycles. The Balaban J connectivity index is 2.59. The van der Waals surface area contributed by atoms with Crippen LogP contribution < -0.4 is 4.68 Å². The molecule has 13 heavy (non-hydrogen) atoms. The second-order valence-corrected chi connectivity index (χ2v) is 2.86. The molecule has 66 valence electrons. The van der Waals surface area contributed by atoms with Crippen LogP contribution in [-0.2, 0) is 7.05 Å². The summed E-state index contributed by atoms with van der Waals surface area (Å²) >= 11 is 0. The highest BCUT2D eigenvalue weighted by Crippen LogP contribution is 2.01. The molecule has 0 unspecified atom stereocenters. The Bertz CT molecular complexity index is 419. The van der Waals surface area contributed by atoms with Gasteiger partial charge in [-0.1, -0.05) is 0 Å². The largest absolute Gasteiger partial charge is 0.257 e. The Morgan fingerprint density at radius 1 is 1.38 bits per heavy atom. The number of aromatic nitrogens is 4. The maximum Gasteiger partial charge on any atom is 0.206 e. The summed E-state index contributed by atoms with van der Waals surface area (Å²) in [6.45, 7) is 1.98. The summed E-state index contributed by atoms with van der Waals surface area (Å²) in [5, 5.41) is 4.09. The van der Waals surface area contributed by atoms with Gasteiger partial charge >= 0.3 is 0 Å².